The molecule has 0 radical (unpaired) electrons. The van der Waals surface area contributed by atoms with Gasteiger partial charge >= 0.3 is 0 Å². The summed E-state index contributed by atoms with van der Waals surface area (Å²) in [5.41, 5.74) is 1.44. The zero-order chi connectivity index (χ0) is 14.6. The Morgan fingerprint density at radius 3 is 2.60 bits per heavy atom. The molecule has 1 heterocycles. The zero-order valence-corrected chi connectivity index (χ0v) is 13.6. The minimum absolute atomic E-state index is 0.164. The van der Waals surface area contributed by atoms with E-state index in [-0.39, 0.29) is 5.41 Å². The molecular weight excluding hydrogens is 270 g/mol. The summed E-state index contributed by atoms with van der Waals surface area (Å²) in [6, 6.07) is 6.23. The minimum atomic E-state index is 0.164. The zero-order valence-electron chi connectivity index (χ0n) is 12.8. The van der Waals surface area contributed by atoms with E-state index >= 15 is 0 Å². The molecule has 1 fully saturated rings. The van der Waals surface area contributed by atoms with Crippen LogP contribution in [0.2, 0.25) is 5.02 Å². The average molecular weight is 296 g/mol. The van der Waals surface area contributed by atoms with Crippen LogP contribution in [0.1, 0.15) is 45.6 Å². The van der Waals surface area contributed by atoms with E-state index in [9.17, 15) is 0 Å². The van der Waals surface area contributed by atoms with E-state index in [2.05, 4.69) is 38.2 Å². The van der Waals surface area contributed by atoms with E-state index in [4.69, 9.17) is 16.3 Å². The van der Waals surface area contributed by atoms with Crippen LogP contribution in [-0.2, 0) is 5.41 Å². The molecule has 1 aliphatic rings. The molecule has 20 heavy (non-hydrogen) atoms. The van der Waals surface area contributed by atoms with E-state index in [0.29, 0.717) is 5.92 Å². The topological polar surface area (TPSA) is 21.3 Å². The first kappa shape index (κ1) is 15.7. The maximum Gasteiger partial charge on any atom is 0.137 e. The third kappa shape index (κ3) is 3.89. The Bertz CT molecular complexity index is 439. The molecule has 3 heteroatoms. The van der Waals surface area contributed by atoms with Crippen molar-refractivity contribution in [3.05, 3.63) is 28.8 Å². The van der Waals surface area contributed by atoms with Crippen LogP contribution in [0.5, 0.6) is 5.75 Å². The predicted molar refractivity (Wildman–Crippen MR) is 85.9 cm³/mol. The first-order chi connectivity index (χ1) is 9.53. The first-order valence-electron chi connectivity index (χ1n) is 7.66. The molecule has 2 rings (SSSR count). The molecule has 0 atom stereocenters. The van der Waals surface area contributed by atoms with Gasteiger partial charge in [-0.05, 0) is 61.4 Å². The van der Waals surface area contributed by atoms with Crippen LogP contribution in [0.4, 0.5) is 0 Å². The summed E-state index contributed by atoms with van der Waals surface area (Å²) in [7, 11) is 0. The average Bonchev–Trinajstić information content (AvgIpc) is 2.47. The van der Waals surface area contributed by atoms with Gasteiger partial charge in [-0.3, -0.25) is 0 Å². The number of nitrogens with one attached hydrogen (secondary N) is 1. The molecule has 112 valence electrons. The lowest BCUT2D eigenvalue weighted by Crippen LogP contribution is -2.30. The Hall–Kier alpha value is -0.730. The summed E-state index contributed by atoms with van der Waals surface area (Å²) < 4.78 is 5.92. The number of halogens is 1. The van der Waals surface area contributed by atoms with E-state index in [1.807, 2.05) is 6.07 Å². The van der Waals surface area contributed by atoms with Gasteiger partial charge in [0.1, 0.15) is 5.75 Å². The second kappa shape index (κ2) is 6.82. The van der Waals surface area contributed by atoms with Gasteiger partial charge in [0.2, 0.25) is 0 Å². The Morgan fingerprint density at radius 2 is 2.00 bits per heavy atom. The van der Waals surface area contributed by atoms with Gasteiger partial charge in [-0.15, -0.1) is 0 Å². The molecule has 0 aliphatic carbocycles. The Morgan fingerprint density at radius 1 is 1.30 bits per heavy atom. The third-order valence-corrected chi connectivity index (χ3v) is 4.83. The Balaban J connectivity index is 1.99. The molecule has 1 aromatic carbocycles. The standard InChI is InChI=1S/C17H26ClNO/c1-4-17(2,3)14-5-6-16(15(18)11-14)20-12-13-7-9-19-10-8-13/h5-6,11,13,19H,4,7-10,12H2,1-3H3. The van der Waals surface area contributed by atoms with Crippen LogP contribution >= 0.6 is 11.6 Å². The number of rotatable bonds is 5. The molecule has 0 amide bonds. The van der Waals surface area contributed by atoms with Gasteiger partial charge < -0.3 is 10.1 Å². The van der Waals surface area contributed by atoms with E-state index in [1.54, 1.807) is 0 Å². The van der Waals surface area contributed by atoms with Crippen molar-refractivity contribution >= 4 is 11.6 Å². The number of hydrogen-bond acceptors (Lipinski definition) is 2. The lowest BCUT2D eigenvalue weighted by Gasteiger charge is -2.25. The van der Waals surface area contributed by atoms with Crippen molar-refractivity contribution in [2.45, 2.75) is 45.4 Å². The lowest BCUT2D eigenvalue weighted by atomic mass is 9.82. The van der Waals surface area contributed by atoms with E-state index in [0.717, 1.165) is 36.9 Å². The number of hydrogen-bond donors (Lipinski definition) is 1. The minimum Gasteiger partial charge on any atom is -0.492 e. The highest BCUT2D eigenvalue weighted by Gasteiger charge is 2.20. The Kier molecular flexibility index (Phi) is 5.34. The fourth-order valence-electron chi connectivity index (χ4n) is 2.50. The maximum atomic E-state index is 6.37. The summed E-state index contributed by atoms with van der Waals surface area (Å²) in [5, 5.41) is 4.11. The van der Waals surface area contributed by atoms with E-state index < -0.39 is 0 Å². The molecule has 0 bridgehead atoms. The predicted octanol–water partition coefficient (Wildman–Crippen LogP) is 4.41. The number of ether oxygens (including phenoxy) is 1. The van der Waals surface area contributed by atoms with Crippen molar-refractivity contribution < 1.29 is 4.74 Å². The normalized spacial score (nSPS) is 17.2. The van der Waals surface area contributed by atoms with Gasteiger partial charge in [0.05, 0.1) is 11.6 Å². The molecule has 2 nitrogen and oxygen atoms in total. The number of piperidine rings is 1. The molecule has 1 N–H and O–H groups in total. The van der Waals surface area contributed by atoms with Crippen LogP contribution in [0, 0.1) is 5.92 Å². The molecule has 0 saturated carbocycles. The molecule has 0 aromatic heterocycles. The highest BCUT2D eigenvalue weighted by atomic mass is 35.5. The quantitative estimate of drug-likeness (QED) is 0.869. The molecule has 1 aliphatic heterocycles. The highest BCUT2D eigenvalue weighted by molar-refractivity contribution is 6.32. The summed E-state index contributed by atoms with van der Waals surface area (Å²) in [6.45, 7) is 9.67. The lowest BCUT2D eigenvalue weighted by molar-refractivity contribution is 0.215. The maximum absolute atomic E-state index is 6.37. The number of benzene rings is 1. The van der Waals surface area contributed by atoms with Crippen molar-refractivity contribution in [3.63, 3.8) is 0 Å². The second-order valence-electron chi connectivity index (χ2n) is 6.39. The van der Waals surface area contributed by atoms with Crippen molar-refractivity contribution in [2.24, 2.45) is 5.92 Å². The van der Waals surface area contributed by atoms with Crippen LogP contribution in [0.15, 0.2) is 18.2 Å². The fourth-order valence-corrected chi connectivity index (χ4v) is 2.73. The Labute approximate surface area is 127 Å². The summed E-state index contributed by atoms with van der Waals surface area (Å²) >= 11 is 6.37. The smallest absolute Gasteiger partial charge is 0.137 e. The van der Waals surface area contributed by atoms with Gasteiger partial charge in [0.25, 0.3) is 0 Å². The van der Waals surface area contributed by atoms with Crippen molar-refractivity contribution in [2.75, 3.05) is 19.7 Å². The molecular formula is C17H26ClNO. The van der Waals surface area contributed by atoms with Crippen LogP contribution < -0.4 is 10.1 Å². The van der Waals surface area contributed by atoms with Crippen molar-refractivity contribution in [1.29, 1.82) is 0 Å². The molecule has 0 unspecified atom stereocenters. The largest absolute Gasteiger partial charge is 0.492 e. The van der Waals surface area contributed by atoms with Gasteiger partial charge in [-0.25, -0.2) is 0 Å². The van der Waals surface area contributed by atoms with Crippen LogP contribution in [0.25, 0.3) is 0 Å². The van der Waals surface area contributed by atoms with Gasteiger partial charge in [0, 0.05) is 0 Å². The highest BCUT2D eigenvalue weighted by Crippen LogP contribution is 2.33. The third-order valence-electron chi connectivity index (χ3n) is 4.53. The van der Waals surface area contributed by atoms with Gasteiger partial charge in [-0.1, -0.05) is 38.4 Å². The monoisotopic (exact) mass is 295 g/mol. The van der Waals surface area contributed by atoms with Crippen molar-refractivity contribution in [3.8, 4) is 5.75 Å². The molecule has 1 aromatic rings. The summed E-state index contributed by atoms with van der Waals surface area (Å²) in [6.07, 6.45) is 3.48. The molecule has 0 spiro atoms. The first-order valence-corrected chi connectivity index (χ1v) is 8.04. The van der Waals surface area contributed by atoms with E-state index in [1.165, 1.54) is 18.4 Å². The van der Waals surface area contributed by atoms with Crippen LogP contribution in [0.3, 0.4) is 0 Å². The fraction of sp³-hybridized carbons (Fsp3) is 0.647. The molecule has 1 saturated heterocycles. The van der Waals surface area contributed by atoms with Gasteiger partial charge in [0.15, 0.2) is 0 Å². The van der Waals surface area contributed by atoms with Crippen molar-refractivity contribution in [1.82, 2.24) is 5.32 Å². The summed E-state index contributed by atoms with van der Waals surface area (Å²) in [4.78, 5) is 0. The van der Waals surface area contributed by atoms with Crippen LogP contribution in [-0.4, -0.2) is 19.7 Å². The SMILES string of the molecule is CCC(C)(C)c1ccc(OCC2CCNCC2)c(Cl)c1. The second-order valence-corrected chi connectivity index (χ2v) is 6.79. The summed E-state index contributed by atoms with van der Waals surface area (Å²) in [5.74, 6) is 1.47. The van der Waals surface area contributed by atoms with Gasteiger partial charge in [-0.2, -0.15) is 0 Å².